The minimum atomic E-state index is -0.0162. The predicted molar refractivity (Wildman–Crippen MR) is 36.2 cm³/mol. The average molecular weight is 109 g/mol. The zero-order chi connectivity index (χ0) is 6.41. The third-order valence-corrected chi connectivity index (χ3v) is 0.750. The Morgan fingerprint density at radius 2 is 2.50 bits per heavy atom. The molecule has 0 heterocycles. The van der Waals surface area contributed by atoms with Crippen LogP contribution in [-0.2, 0) is 0 Å². The molecule has 0 amide bonds. The molecule has 0 aromatic heterocycles. The minimum absolute atomic E-state index is 0.0162. The van der Waals surface area contributed by atoms with E-state index in [1.54, 1.807) is 13.0 Å². The minimum Gasteiger partial charge on any atom is -0.317 e. The Morgan fingerprint density at radius 1 is 1.88 bits per heavy atom. The summed E-state index contributed by atoms with van der Waals surface area (Å²) in [7, 11) is 0. The molecule has 0 spiro atoms. The maximum atomic E-state index is 5.45. The Hall–Kier alpha value is -0.740. The molecular formula is C7H11N. The summed E-state index contributed by atoms with van der Waals surface area (Å²) in [4.78, 5) is 0. The lowest BCUT2D eigenvalue weighted by atomic mass is 10.2. The molecule has 0 fully saturated rings. The van der Waals surface area contributed by atoms with E-state index in [1.807, 2.05) is 0 Å². The van der Waals surface area contributed by atoms with Crippen molar-refractivity contribution in [2.45, 2.75) is 19.4 Å². The highest BCUT2D eigenvalue weighted by atomic mass is 14.6. The fraction of sp³-hybridized carbons (Fsp3) is 0.429. The first-order valence-electron chi connectivity index (χ1n) is 2.60. The molecule has 0 rings (SSSR count). The number of nitrogens with two attached hydrogens (primary N) is 1. The zero-order valence-corrected chi connectivity index (χ0v) is 5.15. The van der Waals surface area contributed by atoms with Crippen LogP contribution in [0.3, 0.4) is 0 Å². The fourth-order valence-electron chi connectivity index (χ4n) is 0.424. The zero-order valence-electron chi connectivity index (χ0n) is 5.15. The largest absolute Gasteiger partial charge is 0.317 e. The van der Waals surface area contributed by atoms with E-state index in [1.165, 1.54) is 0 Å². The van der Waals surface area contributed by atoms with E-state index in [2.05, 4.69) is 18.4 Å². The SMILES string of the molecule is C=CCC(N)C#CC. The van der Waals surface area contributed by atoms with Crippen molar-refractivity contribution < 1.29 is 0 Å². The molecule has 1 nitrogen and oxygen atoms in total. The molecule has 0 bridgehead atoms. The smallest absolute Gasteiger partial charge is 0.0699 e. The number of hydrogen-bond donors (Lipinski definition) is 1. The first-order valence-corrected chi connectivity index (χ1v) is 2.60. The van der Waals surface area contributed by atoms with Gasteiger partial charge in [-0.15, -0.1) is 12.5 Å². The lowest BCUT2D eigenvalue weighted by Gasteiger charge is -1.94. The van der Waals surface area contributed by atoms with Crippen molar-refractivity contribution in [3.05, 3.63) is 12.7 Å². The summed E-state index contributed by atoms with van der Waals surface area (Å²) < 4.78 is 0. The van der Waals surface area contributed by atoms with Crippen molar-refractivity contribution in [2.75, 3.05) is 0 Å². The second-order valence-electron chi connectivity index (χ2n) is 1.53. The third-order valence-electron chi connectivity index (χ3n) is 0.750. The molecule has 1 atom stereocenters. The van der Waals surface area contributed by atoms with Gasteiger partial charge in [-0.2, -0.15) is 0 Å². The van der Waals surface area contributed by atoms with Crippen LogP contribution in [-0.4, -0.2) is 6.04 Å². The van der Waals surface area contributed by atoms with Crippen LogP contribution in [0, 0.1) is 11.8 Å². The van der Waals surface area contributed by atoms with Gasteiger partial charge in [-0.25, -0.2) is 0 Å². The molecule has 2 N–H and O–H groups in total. The maximum Gasteiger partial charge on any atom is 0.0699 e. The summed E-state index contributed by atoms with van der Waals surface area (Å²) >= 11 is 0. The summed E-state index contributed by atoms with van der Waals surface area (Å²) in [6.45, 7) is 5.32. The van der Waals surface area contributed by atoms with Gasteiger partial charge in [0.05, 0.1) is 6.04 Å². The van der Waals surface area contributed by atoms with Gasteiger partial charge in [0.1, 0.15) is 0 Å². The standard InChI is InChI=1S/C7H11N/c1-3-5-7(8)6-4-2/h3,7H,1,5,8H2,2H3. The predicted octanol–water partition coefficient (Wildman–Crippen LogP) is 0.913. The first kappa shape index (κ1) is 7.26. The van der Waals surface area contributed by atoms with Crippen LogP contribution < -0.4 is 5.73 Å². The Balaban J connectivity index is 3.41. The van der Waals surface area contributed by atoms with Gasteiger partial charge in [0.25, 0.3) is 0 Å². The van der Waals surface area contributed by atoms with Gasteiger partial charge in [0.2, 0.25) is 0 Å². The molecule has 0 saturated heterocycles. The van der Waals surface area contributed by atoms with Gasteiger partial charge in [-0.1, -0.05) is 12.0 Å². The van der Waals surface area contributed by atoms with E-state index in [4.69, 9.17) is 5.73 Å². The normalized spacial score (nSPS) is 11.2. The second kappa shape index (κ2) is 4.42. The van der Waals surface area contributed by atoms with E-state index in [9.17, 15) is 0 Å². The van der Waals surface area contributed by atoms with Gasteiger partial charge in [-0.3, -0.25) is 0 Å². The molecule has 0 aliphatic heterocycles. The van der Waals surface area contributed by atoms with Crippen LogP contribution in [0.1, 0.15) is 13.3 Å². The van der Waals surface area contributed by atoms with Crippen LogP contribution in [0.15, 0.2) is 12.7 Å². The maximum absolute atomic E-state index is 5.45. The highest BCUT2D eigenvalue weighted by molar-refractivity contribution is 5.05. The monoisotopic (exact) mass is 109 g/mol. The van der Waals surface area contributed by atoms with E-state index >= 15 is 0 Å². The lowest BCUT2D eigenvalue weighted by Crippen LogP contribution is -2.15. The van der Waals surface area contributed by atoms with E-state index < -0.39 is 0 Å². The second-order valence-corrected chi connectivity index (χ2v) is 1.53. The summed E-state index contributed by atoms with van der Waals surface area (Å²) in [5.74, 6) is 5.53. The van der Waals surface area contributed by atoms with Crippen LogP contribution in [0.5, 0.6) is 0 Å². The lowest BCUT2D eigenvalue weighted by molar-refractivity contribution is 0.862. The molecule has 44 valence electrons. The highest BCUT2D eigenvalue weighted by Crippen LogP contribution is 1.83. The molecule has 0 aliphatic rings. The molecule has 0 aromatic carbocycles. The Labute approximate surface area is 50.6 Å². The van der Waals surface area contributed by atoms with Crippen molar-refractivity contribution in [1.29, 1.82) is 0 Å². The fourth-order valence-corrected chi connectivity index (χ4v) is 0.424. The quantitative estimate of drug-likeness (QED) is 0.414. The van der Waals surface area contributed by atoms with Crippen LogP contribution >= 0.6 is 0 Å². The highest BCUT2D eigenvalue weighted by Gasteiger charge is 1.88. The van der Waals surface area contributed by atoms with Crippen molar-refractivity contribution in [2.24, 2.45) is 5.73 Å². The van der Waals surface area contributed by atoms with E-state index in [0.717, 1.165) is 6.42 Å². The summed E-state index contributed by atoms with van der Waals surface area (Å²) in [6.07, 6.45) is 2.55. The van der Waals surface area contributed by atoms with Crippen LogP contribution in [0.25, 0.3) is 0 Å². The molecule has 0 aliphatic carbocycles. The molecule has 0 radical (unpaired) electrons. The van der Waals surface area contributed by atoms with Crippen molar-refractivity contribution in [3.8, 4) is 11.8 Å². The number of rotatable bonds is 2. The Morgan fingerprint density at radius 3 is 2.88 bits per heavy atom. The van der Waals surface area contributed by atoms with Gasteiger partial charge in [-0.05, 0) is 13.3 Å². The van der Waals surface area contributed by atoms with Crippen molar-refractivity contribution in [1.82, 2.24) is 0 Å². The third kappa shape index (κ3) is 3.45. The number of hydrogen-bond acceptors (Lipinski definition) is 1. The average Bonchev–Trinajstić information content (AvgIpc) is 1.68. The first-order chi connectivity index (χ1) is 3.81. The molecule has 0 saturated carbocycles. The molecular weight excluding hydrogens is 98.1 g/mol. The van der Waals surface area contributed by atoms with Gasteiger partial charge in [0, 0.05) is 0 Å². The van der Waals surface area contributed by atoms with Crippen molar-refractivity contribution >= 4 is 0 Å². The summed E-state index contributed by atoms with van der Waals surface area (Å²) in [6, 6.07) is -0.0162. The topological polar surface area (TPSA) is 26.0 Å². The van der Waals surface area contributed by atoms with Crippen LogP contribution in [0.2, 0.25) is 0 Å². The molecule has 1 unspecified atom stereocenters. The summed E-state index contributed by atoms with van der Waals surface area (Å²) in [5.41, 5.74) is 5.45. The Bertz CT molecular complexity index is 116. The van der Waals surface area contributed by atoms with Crippen molar-refractivity contribution in [3.63, 3.8) is 0 Å². The van der Waals surface area contributed by atoms with E-state index in [0.29, 0.717) is 0 Å². The molecule has 8 heavy (non-hydrogen) atoms. The van der Waals surface area contributed by atoms with Gasteiger partial charge in [0.15, 0.2) is 0 Å². The van der Waals surface area contributed by atoms with Gasteiger partial charge < -0.3 is 5.73 Å². The van der Waals surface area contributed by atoms with Gasteiger partial charge >= 0.3 is 0 Å². The molecule has 0 aromatic rings. The van der Waals surface area contributed by atoms with Crippen LogP contribution in [0.4, 0.5) is 0 Å². The summed E-state index contributed by atoms with van der Waals surface area (Å²) in [5, 5.41) is 0. The Kier molecular flexibility index (Phi) is 4.01. The molecule has 1 heteroatoms. The van der Waals surface area contributed by atoms with E-state index in [-0.39, 0.29) is 6.04 Å².